The first-order valence-corrected chi connectivity index (χ1v) is 9.07. The van der Waals surface area contributed by atoms with Crippen molar-refractivity contribution in [1.82, 2.24) is 29.9 Å². The molecule has 2 fully saturated rings. The van der Waals surface area contributed by atoms with Crippen molar-refractivity contribution in [3.63, 3.8) is 0 Å². The molecule has 1 aliphatic carbocycles. The van der Waals surface area contributed by atoms with Gasteiger partial charge in [-0.3, -0.25) is 4.79 Å². The predicted octanol–water partition coefficient (Wildman–Crippen LogP) is 2.09. The molecule has 7 nitrogen and oxygen atoms in total. The molecule has 0 N–H and O–H groups in total. The molecule has 1 unspecified atom stereocenters. The second-order valence-electron chi connectivity index (χ2n) is 7.57. The second kappa shape index (κ2) is 6.20. The SMILES string of the molecule is Cc1ccnc(-n2cc(CC3CCCN3C(=O)C3(C)CCC3)nn2)n1. The van der Waals surface area contributed by atoms with Gasteiger partial charge in [0.15, 0.2) is 0 Å². The van der Waals surface area contributed by atoms with Crippen LogP contribution in [0, 0.1) is 12.3 Å². The Hall–Kier alpha value is -2.31. The average Bonchev–Trinajstić information content (AvgIpc) is 3.22. The number of hydrogen-bond donors (Lipinski definition) is 0. The molecule has 1 saturated heterocycles. The van der Waals surface area contributed by atoms with Crippen molar-refractivity contribution in [1.29, 1.82) is 0 Å². The molecular formula is C18H24N6O. The zero-order chi connectivity index (χ0) is 17.4. The van der Waals surface area contributed by atoms with Gasteiger partial charge in [-0.15, -0.1) is 5.10 Å². The number of nitrogens with zero attached hydrogens (tertiary/aromatic N) is 6. The minimum atomic E-state index is -0.129. The largest absolute Gasteiger partial charge is 0.339 e. The van der Waals surface area contributed by atoms with Crippen LogP contribution in [0.25, 0.3) is 5.95 Å². The van der Waals surface area contributed by atoms with E-state index in [9.17, 15) is 4.79 Å². The Balaban J connectivity index is 1.47. The number of rotatable bonds is 4. The molecule has 1 atom stereocenters. The van der Waals surface area contributed by atoms with E-state index < -0.39 is 0 Å². The molecular weight excluding hydrogens is 316 g/mol. The van der Waals surface area contributed by atoms with Crippen molar-refractivity contribution in [2.24, 2.45) is 5.41 Å². The van der Waals surface area contributed by atoms with Crippen LogP contribution in [0.5, 0.6) is 0 Å². The summed E-state index contributed by atoms with van der Waals surface area (Å²) in [6.45, 7) is 4.90. The third-order valence-corrected chi connectivity index (χ3v) is 5.58. The van der Waals surface area contributed by atoms with E-state index in [1.54, 1.807) is 10.9 Å². The Morgan fingerprint density at radius 1 is 1.36 bits per heavy atom. The molecule has 0 radical (unpaired) electrons. The lowest BCUT2D eigenvalue weighted by molar-refractivity contribution is -0.146. The molecule has 0 aromatic carbocycles. The van der Waals surface area contributed by atoms with Crippen molar-refractivity contribution < 1.29 is 4.79 Å². The van der Waals surface area contributed by atoms with Gasteiger partial charge < -0.3 is 4.90 Å². The summed E-state index contributed by atoms with van der Waals surface area (Å²) in [6, 6.07) is 2.08. The van der Waals surface area contributed by atoms with Gasteiger partial charge in [0.05, 0.1) is 11.9 Å². The minimum Gasteiger partial charge on any atom is -0.339 e. The van der Waals surface area contributed by atoms with E-state index in [4.69, 9.17) is 0 Å². The van der Waals surface area contributed by atoms with Crippen molar-refractivity contribution in [2.75, 3.05) is 6.54 Å². The number of carbonyl (C=O) groups excluding carboxylic acids is 1. The quantitative estimate of drug-likeness (QED) is 0.852. The van der Waals surface area contributed by atoms with Gasteiger partial charge >= 0.3 is 0 Å². The Morgan fingerprint density at radius 3 is 2.92 bits per heavy atom. The highest BCUT2D eigenvalue weighted by molar-refractivity contribution is 5.83. The molecule has 1 amide bonds. The van der Waals surface area contributed by atoms with Crippen molar-refractivity contribution in [2.45, 2.75) is 58.4 Å². The summed E-state index contributed by atoms with van der Waals surface area (Å²) in [7, 11) is 0. The fraction of sp³-hybridized carbons (Fsp3) is 0.611. The average molecular weight is 340 g/mol. The molecule has 3 heterocycles. The molecule has 2 aromatic heterocycles. The van der Waals surface area contributed by atoms with Crippen molar-refractivity contribution >= 4 is 5.91 Å². The van der Waals surface area contributed by atoms with Crippen LogP contribution in [0.4, 0.5) is 0 Å². The van der Waals surface area contributed by atoms with Crippen LogP contribution in [0.15, 0.2) is 18.5 Å². The molecule has 0 spiro atoms. The normalized spacial score (nSPS) is 22.0. The Morgan fingerprint density at radius 2 is 2.20 bits per heavy atom. The van der Waals surface area contributed by atoms with Gasteiger partial charge in [0.2, 0.25) is 5.91 Å². The summed E-state index contributed by atoms with van der Waals surface area (Å²) in [5.74, 6) is 0.857. The topological polar surface area (TPSA) is 76.8 Å². The molecule has 25 heavy (non-hydrogen) atoms. The highest BCUT2D eigenvalue weighted by Crippen LogP contribution is 2.43. The van der Waals surface area contributed by atoms with Gasteiger partial charge in [0.25, 0.3) is 5.95 Å². The highest BCUT2D eigenvalue weighted by Gasteiger charge is 2.44. The van der Waals surface area contributed by atoms with Crippen LogP contribution in [-0.4, -0.2) is 48.4 Å². The van der Waals surface area contributed by atoms with Crippen LogP contribution in [0.2, 0.25) is 0 Å². The molecule has 132 valence electrons. The van der Waals surface area contributed by atoms with Gasteiger partial charge in [0.1, 0.15) is 0 Å². The molecule has 4 rings (SSSR count). The van der Waals surface area contributed by atoms with Gasteiger partial charge in [-0.2, -0.15) is 4.68 Å². The summed E-state index contributed by atoms with van der Waals surface area (Å²) >= 11 is 0. The number of aromatic nitrogens is 5. The summed E-state index contributed by atoms with van der Waals surface area (Å²) in [5, 5.41) is 8.42. The molecule has 0 bridgehead atoms. The van der Waals surface area contributed by atoms with E-state index in [2.05, 4.69) is 32.1 Å². The lowest BCUT2D eigenvalue weighted by Gasteiger charge is -2.41. The van der Waals surface area contributed by atoms with Gasteiger partial charge in [-0.25, -0.2) is 9.97 Å². The van der Waals surface area contributed by atoms with E-state index in [0.29, 0.717) is 11.9 Å². The first kappa shape index (κ1) is 16.2. The maximum absolute atomic E-state index is 12.9. The van der Waals surface area contributed by atoms with E-state index >= 15 is 0 Å². The first-order valence-electron chi connectivity index (χ1n) is 9.07. The smallest absolute Gasteiger partial charge is 0.252 e. The monoisotopic (exact) mass is 340 g/mol. The number of likely N-dealkylation sites (tertiary alicyclic amines) is 1. The number of aryl methyl sites for hydroxylation is 1. The third-order valence-electron chi connectivity index (χ3n) is 5.58. The van der Waals surface area contributed by atoms with Gasteiger partial charge in [-0.05, 0) is 38.7 Å². The molecule has 1 saturated carbocycles. The minimum absolute atomic E-state index is 0.129. The van der Waals surface area contributed by atoms with E-state index in [-0.39, 0.29) is 11.5 Å². The van der Waals surface area contributed by atoms with Crippen LogP contribution in [-0.2, 0) is 11.2 Å². The molecule has 2 aromatic rings. The lowest BCUT2D eigenvalue weighted by Crippen LogP contribution is -2.48. The number of hydrogen-bond acceptors (Lipinski definition) is 5. The Kier molecular flexibility index (Phi) is 4.01. The number of carbonyl (C=O) groups is 1. The van der Waals surface area contributed by atoms with E-state index in [1.165, 1.54) is 6.42 Å². The summed E-state index contributed by atoms with van der Waals surface area (Å²) in [5.41, 5.74) is 1.65. The zero-order valence-corrected chi connectivity index (χ0v) is 14.9. The van der Waals surface area contributed by atoms with Crippen molar-refractivity contribution in [3.05, 3.63) is 29.8 Å². The third kappa shape index (κ3) is 3.03. The Bertz CT molecular complexity index is 781. The summed E-state index contributed by atoms with van der Waals surface area (Å²) in [4.78, 5) is 23.6. The molecule has 2 aliphatic rings. The van der Waals surface area contributed by atoms with Crippen LogP contribution >= 0.6 is 0 Å². The van der Waals surface area contributed by atoms with Crippen molar-refractivity contribution in [3.8, 4) is 5.95 Å². The fourth-order valence-electron chi connectivity index (χ4n) is 3.86. The zero-order valence-electron chi connectivity index (χ0n) is 14.9. The standard InChI is InChI=1S/C18H24N6O/c1-13-6-9-19-17(20-13)24-12-14(21-22-24)11-15-5-3-10-23(15)16(25)18(2)7-4-8-18/h6,9,12,15H,3-5,7-8,10-11H2,1-2H3. The van der Waals surface area contributed by atoms with Gasteiger partial charge in [-0.1, -0.05) is 18.6 Å². The number of amides is 1. The van der Waals surface area contributed by atoms with E-state index in [1.807, 2.05) is 19.2 Å². The molecule has 1 aliphatic heterocycles. The molecule has 7 heteroatoms. The summed E-state index contributed by atoms with van der Waals surface area (Å²) in [6.07, 6.45) is 9.67. The lowest BCUT2D eigenvalue weighted by atomic mass is 9.69. The maximum atomic E-state index is 12.9. The maximum Gasteiger partial charge on any atom is 0.252 e. The van der Waals surface area contributed by atoms with Crippen LogP contribution in [0.1, 0.15) is 50.4 Å². The van der Waals surface area contributed by atoms with Gasteiger partial charge in [0, 0.05) is 36.3 Å². The predicted molar refractivity (Wildman–Crippen MR) is 92.1 cm³/mol. The fourth-order valence-corrected chi connectivity index (χ4v) is 3.86. The summed E-state index contributed by atoms with van der Waals surface area (Å²) < 4.78 is 1.61. The second-order valence-corrected chi connectivity index (χ2v) is 7.57. The van der Waals surface area contributed by atoms with Crippen LogP contribution < -0.4 is 0 Å². The van der Waals surface area contributed by atoms with E-state index in [0.717, 1.165) is 50.0 Å². The highest BCUT2D eigenvalue weighted by atomic mass is 16.2. The first-order chi connectivity index (χ1) is 12.0. The Labute approximate surface area is 147 Å². The van der Waals surface area contributed by atoms with Crippen LogP contribution in [0.3, 0.4) is 0 Å².